The summed E-state index contributed by atoms with van der Waals surface area (Å²) in [5.41, 5.74) is -0.195. The maximum atomic E-state index is 11.2. The fraction of sp³-hybridized carbons (Fsp3) is 0.667. The summed E-state index contributed by atoms with van der Waals surface area (Å²) < 4.78 is 5.54. The molecule has 0 aliphatic heterocycles. The smallest absolute Gasteiger partial charge is 0.372 e. The standard InChI is InChI=1S/C12H20N4O3/c1-4-6-9(3)19-12-10(16(17)18)11(13-7-5-2)14-8-15-12/h8-9H,4-7H2,1-3H3,(H,13,14,15). The first kappa shape index (κ1) is 15.1. The summed E-state index contributed by atoms with van der Waals surface area (Å²) in [6.07, 6.45) is 3.78. The fourth-order valence-electron chi connectivity index (χ4n) is 1.64. The van der Waals surface area contributed by atoms with E-state index in [0.717, 1.165) is 19.3 Å². The Bertz CT molecular complexity index is 425. The average molecular weight is 268 g/mol. The highest BCUT2D eigenvalue weighted by Gasteiger charge is 2.25. The van der Waals surface area contributed by atoms with Gasteiger partial charge in [-0.05, 0) is 19.8 Å². The zero-order valence-electron chi connectivity index (χ0n) is 11.5. The van der Waals surface area contributed by atoms with Gasteiger partial charge in [-0.15, -0.1) is 0 Å². The normalized spacial score (nSPS) is 11.9. The second-order valence-corrected chi connectivity index (χ2v) is 4.28. The van der Waals surface area contributed by atoms with Gasteiger partial charge in [0.25, 0.3) is 5.88 Å². The topological polar surface area (TPSA) is 90.2 Å². The van der Waals surface area contributed by atoms with Gasteiger partial charge in [-0.1, -0.05) is 20.3 Å². The van der Waals surface area contributed by atoms with Crippen LogP contribution in [0.15, 0.2) is 6.33 Å². The van der Waals surface area contributed by atoms with Gasteiger partial charge in [-0.25, -0.2) is 4.98 Å². The number of nitrogens with zero attached hydrogens (tertiary/aromatic N) is 3. The van der Waals surface area contributed by atoms with E-state index in [0.29, 0.717) is 6.54 Å². The first-order chi connectivity index (χ1) is 9.10. The third-order valence-electron chi connectivity index (χ3n) is 2.52. The van der Waals surface area contributed by atoms with Crippen LogP contribution in [0, 0.1) is 10.1 Å². The number of hydrogen-bond acceptors (Lipinski definition) is 6. The van der Waals surface area contributed by atoms with Crippen LogP contribution in [0.25, 0.3) is 0 Å². The minimum atomic E-state index is -0.508. The number of nitrogens with one attached hydrogen (secondary N) is 1. The van der Waals surface area contributed by atoms with E-state index < -0.39 is 4.92 Å². The largest absolute Gasteiger partial charge is 0.470 e. The Kier molecular flexibility index (Phi) is 5.98. The quantitative estimate of drug-likeness (QED) is 0.576. The molecule has 1 aromatic heterocycles. The van der Waals surface area contributed by atoms with Crippen LogP contribution < -0.4 is 10.1 Å². The van der Waals surface area contributed by atoms with E-state index in [4.69, 9.17) is 4.74 Å². The number of aromatic nitrogens is 2. The van der Waals surface area contributed by atoms with Gasteiger partial charge >= 0.3 is 5.69 Å². The highest BCUT2D eigenvalue weighted by atomic mass is 16.6. The fourth-order valence-corrected chi connectivity index (χ4v) is 1.64. The first-order valence-electron chi connectivity index (χ1n) is 6.50. The van der Waals surface area contributed by atoms with Crippen molar-refractivity contribution in [3.63, 3.8) is 0 Å². The van der Waals surface area contributed by atoms with E-state index in [9.17, 15) is 10.1 Å². The molecule has 0 aliphatic carbocycles. The van der Waals surface area contributed by atoms with Crippen LogP contribution in [-0.2, 0) is 0 Å². The molecule has 0 bridgehead atoms. The molecule has 7 heteroatoms. The Morgan fingerprint density at radius 3 is 2.74 bits per heavy atom. The van der Waals surface area contributed by atoms with Gasteiger partial charge in [0.2, 0.25) is 5.82 Å². The maximum absolute atomic E-state index is 11.2. The van der Waals surface area contributed by atoms with E-state index in [1.54, 1.807) is 0 Å². The molecular formula is C12H20N4O3. The third kappa shape index (κ3) is 4.35. The molecule has 0 fully saturated rings. The molecule has 0 aliphatic rings. The monoisotopic (exact) mass is 268 g/mol. The van der Waals surface area contributed by atoms with Crippen molar-refractivity contribution in [3.8, 4) is 5.88 Å². The van der Waals surface area contributed by atoms with Crippen molar-refractivity contribution >= 4 is 11.5 Å². The summed E-state index contributed by atoms with van der Waals surface area (Å²) in [5, 5.41) is 14.1. The second-order valence-electron chi connectivity index (χ2n) is 4.28. The molecular weight excluding hydrogens is 248 g/mol. The van der Waals surface area contributed by atoms with Crippen molar-refractivity contribution in [2.45, 2.75) is 46.1 Å². The molecule has 1 aromatic rings. The number of nitro groups is 1. The highest BCUT2D eigenvalue weighted by molar-refractivity contribution is 5.61. The van der Waals surface area contributed by atoms with E-state index >= 15 is 0 Å². The van der Waals surface area contributed by atoms with Crippen molar-refractivity contribution in [2.24, 2.45) is 0 Å². The Balaban J connectivity index is 2.99. The lowest BCUT2D eigenvalue weighted by molar-refractivity contribution is -0.385. The Morgan fingerprint density at radius 1 is 1.42 bits per heavy atom. The van der Waals surface area contributed by atoms with Crippen molar-refractivity contribution in [1.82, 2.24) is 9.97 Å². The molecule has 7 nitrogen and oxygen atoms in total. The van der Waals surface area contributed by atoms with Crippen molar-refractivity contribution in [2.75, 3.05) is 11.9 Å². The van der Waals surface area contributed by atoms with Crippen LogP contribution in [0.3, 0.4) is 0 Å². The van der Waals surface area contributed by atoms with Crippen LogP contribution in [-0.4, -0.2) is 27.5 Å². The first-order valence-corrected chi connectivity index (χ1v) is 6.50. The molecule has 0 amide bonds. The summed E-state index contributed by atoms with van der Waals surface area (Å²) in [6, 6.07) is 0. The molecule has 1 unspecified atom stereocenters. The lowest BCUT2D eigenvalue weighted by Gasteiger charge is -2.13. The molecule has 1 rings (SSSR count). The van der Waals surface area contributed by atoms with Crippen LogP contribution in [0.4, 0.5) is 11.5 Å². The third-order valence-corrected chi connectivity index (χ3v) is 2.52. The van der Waals surface area contributed by atoms with E-state index in [1.165, 1.54) is 6.33 Å². The molecule has 19 heavy (non-hydrogen) atoms. The number of ether oxygens (including phenoxy) is 1. The molecule has 106 valence electrons. The summed E-state index contributed by atoms with van der Waals surface area (Å²) in [6.45, 7) is 6.49. The van der Waals surface area contributed by atoms with Crippen molar-refractivity contribution in [1.29, 1.82) is 0 Å². The van der Waals surface area contributed by atoms with Crippen LogP contribution in [0.1, 0.15) is 40.0 Å². The molecule has 0 aromatic carbocycles. The molecule has 0 saturated heterocycles. The molecule has 1 heterocycles. The minimum absolute atomic E-state index is 0.0274. The van der Waals surface area contributed by atoms with Gasteiger partial charge < -0.3 is 10.1 Å². The zero-order chi connectivity index (χ0) is 14.3. The zero-order valence-corrected chi connectivity index (χ0v) is 11.5. The molecule has 1 atom stereocenters. The SMILES string of the molecule is CCCNc1ncnc(OC(C)CCC)c1[N+](=O)[O-]. The maximum Gasteiger partial charge on any atom is 0.372 e. The van der Waals surface area contributed by atoms with Gasteiger partial charge in [0, 0.05) is 6.54 Å². The summed E-state index contributed by atoms with van der Waals surface area (Å²) >= 11 is 0. The molecule has 0 saturated carbocycles. The van der Waals surface area contributed by atoms with E-state index in [-0.39, 0.29) is 23.5 Å². The lowest BCUT2D eigenvalue weighted by Crippen LogP contribution is -2.15. The van der Waals surface area contributed by atoms with E-state index in [1.807, 2.05) is 20.8 Å². The van der Waals surface area contributed by atoms with Crippen molar-refractivity contribution < 1.29 is 9.66 Å². The molecule has 0 radical (unpaired) electrons. The number of anilines is 1. The Labute approximate surface area is 112 Å². The number of rotatable bonds is 8. The highest BCUT2D eigenvalue weighted by Crippen LogP contribution is 2.31. The van der Waals surface area contributed by atoms with Gasteiger partial charge in [0.1, 0.15) is 6.33 Å². The molecule has 1 N–H and O–H groups in total. The van der Waals surface area contributed by atoms with Crippen LogP contribution >= 0.6 is 0 Å². The van der Waals surface area contributed by atoms with Crippen LogP contribution in [0.5, 0.6) is 5.88 Å². The second kappa shape index (κ2) is 7.50. The van der Waals surface area contributed by atoms with Gasteiger partial charge in [0.15, 0.2) is 0 Å². The molecule has 0 spiro atoms. The summed E-state index contributed by atoms with van der Waals surface area (Å²) in [4.78, 5) is 18.4. The van der Waals surface area contributed by atoms with Crippen molar-refractivity contribution in [3.05, 3.63) is 16.4 Å². The van der Waals surface area contributed by atoms with E-state index in [2.05, 4.69) is 15.3 Å². The predicted molar refractivity (Wildman–Crippen MR) is 72.5 cm³/mol. The minimum Gasteiger partial charge on any atom is -0.470 e. The Hall–Kier alpha value is -1.92. The van der Waals surface area contributed by atoms with Crippen LogP contribution in [0.2, 0.25) is 0 Å². The lowest BCUT2D eigenvalue weighted by atomic mass is 10.2. The Morgan fingerprint density at radius 2 is 2.16 bits per heavy atom. The average Bonchev–Trinajstić information content (AvgIpc) is 2.36. The van der Waals surface area contributed by atoms with Gasteiger partial charge in [0.05, 0.1) is 11.0 Å². The summed E-state index contributed by atoms with van der Waals surface area (Å²) in [7, 11) is 0. The van der Waals surface area contributed by atoms with Gasteiger partial charge in [-0.2, -0.15) is 4.98 Å². The number of hydrogen-bond donors (Lipinski definition) is 1. The van der Waals surface area contributed by atoms with Gasteiger partial charge in [-0.3, -0.25) is 10.1 Å². The summed E-state index contributed by atoms with van der Waals surface area (Å²) in [5.74, 6) is 0.236. The predicted octanol–water partition coefficient (Wildman–Crippen LogP) is 2.77.